The predicted octanol–water partition coefficient (Wildman–Crippen LogP) is 2.44. The first-order valence-electron chi connectivity index (χ1n) is 7.51. The van der Waals surface area contributed by atoms with E-state index in [-0.39, 0.29) is 12.4 Å². The number of hydrogen-bond acceptors (Lipinski definition) is 6. The first kappa shape index (κ1) is 18.9. The molecule has 0 amide bonds. The van der Waals surface area contributed by atoms with Crippen molar-refractivity contribution < 1.29 is 28.5 Å². The van der Waals surface area contributed by atoms with Gasteiger partial charge in [0.1, 0.15) is 17.1 Å². The van der Waals surface area contributed by atoms with E-state index in [0.29, 0.717) is 12.8 Å². The summed E-state index contributed by atoms with van der Waals surface area (Å²) >= 11 is 0. The molecule has 22 heavy (non-hydrogen) atoms. The third-order valence-corrected chi connectivity index (χ3v) is 4.21. The van der Waals surface area contributed by atoms with E-state index >= 15 is 0 Å². The lowest BCUT2D eigenvalue weighted by Crippen LogP contribution is -2.47. The van der Waals surface area contributed by atoms with Crippen molar-refractivity contribution in [1.82, 2.24) is 0 Å². The van der Waals surface area contributed by atoms with E-state index in [1.165, 1.54) is 6.92 Å². The van der Waals surface area contributed by atoms with Crippen molar-refractivity contribution >= 4 is 11.9 Å². The van der Waals surface area contributed by atoms with Gasteiger partial charge in [-0.15, -0.1) is 0 Å². The molecular formula is C16H28O6. The second-order valence-electron chi connectivity index (χ2n) is 6.91. The maximum absolute atomic E-state index is 12.8. The molecule has 0 aliphatic heterocycles. The lowest BCUT2D eigenvalue weighted by Gasteiger charge is -2.36. The minimum absolute atomic E-state index is 0.288. The van der Waals surface area contributed by atoms with Crippen LogP contribution in [0.3, 0.4) is 0 Å². The lowest BCUT2D eigenvalue weighted by molar-refractivity contribution is -0.215. The van der Waals surface area contributed by atoms with Crippen molar-refractivity contribution in [2.24, 2.45) is 5.41 Å². The van der Waals surface area contributed by atoms with Crippen molar-refractivity contribution in [3.8, 4) is 0 Å². The monoisotopic (exact) mass is 316 g/mol. The summed E-state index contributed by atoms with van der Waals surface area (Å²) in [5.74, 6) is -1.67. The summed E-state index contributed by atoms with van der Waals surface area (Å²) in [6.45, 7) is 8.47. The summed E-state index contributed by atoms with van der Waals surface area (Å²) < 4.78 is 21.8. The maximum atomic E-state index is 12.8. The molecule has 0 aromatic heterocycles. The second kappa shape index (κ2) is 6.54. The Morgan fingerprint density at radius 2 is 1.64 bits per heavy atom. The van der Waals surface area contributed by atoms with E-state index in [4.69, 9.17) is 18.9 Å². The summed E-state index contributed by atoms with van der Waals surface area (Å²) in [6.07, 6.45) is 0.672. The number of hydrogen-bond donors (Lipinski definition) is 0. The number of ether oxygens (including phenoxy) is 4. The molecule has 0 aromatic carbocycles. The molecular weight excluding hydrogens is 288 g/mol. The largest absolute Gasteiger partial charge is 0.462 e. The number of carbonyl (C=O) groups is 2. The van der Waals surface area contributed by atoms with E-state index in [1.54, 1.807) is 21.1 Å². The van der Waals surface area contributed by atoms with Crippen LogP contribution in [0.15, 0.2) is 0 Å². The van der Waals surface area contributed by atoms with Crippen LogP contribution in [0.1, 0.15) is 53.9 Å². The first-order valence-corrected chi connectivity index (χ1v) is 7.51. The third-order valence-electron chi connectivity index (χ3n) is 4.21. The van der Waals surface area contributed by atoms with Crippen molar-refractivity contribution in [1.29, 1.82) is 0 Å². The molecule has 6 nitrogen and oxygen atoms in total. The van der Waals surface area contributed by atoms with Crippen LogP contribution in [-0.4, -0.2) is 43.7 Å². The Labute approximate surface area is 132 Å². The summed E-state index contributed by atoms with van der Waals surface area (Å²) in [6, 6.07) is 0. The number of rotatable bonds is 5. The molecule has 0 spiro atoms. The molecule has 0 radical (unpaired) electrons. The van der Waals surface area contributed by atoms with E-state index < -0.39 is 28.9 Å². The van der Waals surface area contributed by atoms with Gasteiger partial charge in [-0.1, -0.05) is 0 Å². The normalized spacial score (nSPS) is 25.6. The summed E-state index contributed by atoms with van der Waals surface area (Å²) in [7, 11) is 3.09. The quantitative estimate of drug-likeness (QED) is 0.573. The average Bonchev–Trinajstić information content (AvgIpc) is 2.78. The van der Waals surface area contributed by atoms with Crippen molar-refractivity contribution in [3.63, 3.8) is 0 Å². The molecule has 0 bridgehead atoms. The van der Waals surface area contributed by atoms with Gasteiger partial charge in [-0.3, -0.25) is 9.59 Å². The van der Waals surface area contributed by atoms with Crippen LogP contribution in [-0.2, 0) is 28.5 Å². The molecule has 2 atom stereocenters. The highest BCUT2D eigenvalue weighted by Crippen LogP contribution is 2.50. The van der Waals surface area contributed by atoms with Gasteiger partial charge in [0.05, 0.1) is 0 Å². The van der Waals surface area contributed by atoms with Gasteiger partial charge < -0.3 is 18.9 Å². The van der Waals surface area contributed by atoms with Crippen LogP contribution in [0.25, 0.3) is 0 Å². The van der Waals surface area contributed by atoms with Crippen LogP contribution in [0.4, 0.5) is 0 Å². The van der Waals surface area contributed by atoms with Crippen LogP contribution in [0.5, 0.6) is 0 Å². The fourth-order valence-electron chi connectivity index (χ4n) is 2.93. The molecule has 1 fully saturated rings. The summed E-state index contributed by atoms with van der Waals surface area (Å²) in [5, 5.41) is 0. The van der Waals surface area contributed by atoms with Crippen LogP contribution < -0.4 is 0 Å². The van der Waals surface area contributed by atoms with Gasteiger partial charge in [0.2, 0.25) is 0 Å². The molecule has 1 aliphatic carbocycles. The van der Waals surface area contributed by atoms with Gasteiger partial charge in [0.25, 0.3) is 0 Å². The van der Waals surface area contributed by atoms with Crippen molar-refractivity contribution in [3.05, 3.63) is 0 Å². The number of methoxy groups -OCH3 is 2. The highest BCUT2D eigenvalue weighted by molar-refractivity contribution is 5.79. The van der Waals surface area contributed by atoms with Gasteiger partial charge in [-0.25, -0.2) is 0 Å². The Balaban J connectivity index is 3.12. The predicted molar refractivity (Wildman–Crippen MR) is 80.1 cm³/mol. The standard InChI is InChI=1S/C16H28O6/c1-11(21-12(2)17)15(13(18)22-14(3,4)5)8-9-16(10-15,19-6)20-7/h11H,8-10H2,1-7H3. The maximum Gasteiger partial charge on any atom is 0.316 e. The van der Waals surface area contributed by atoms with E-state index in [2.05, 4.69) is 0 Å². The SMILES string of the molecule is COC1(OC)CCC(C(=O)OC(C)(C)C)(C(C)OC(C)=O)C1. The lowest BCUT2D eigenvalue weighted by atomic mass is 9.80. The minimum atomic E-state index is -0.967. The van der Waals surface area contributed by atoms with Crippen molar-refractivity contribution in [2.75, 3.05) is 14.2 Å². The van der Waals surface area contributed by atoms with Gasteiger partial charge in [-0.05, 0) is 34.1 Å². The third kappa shape index (κ3) is 3.98. The highest BCUT2D eigenvalue weighted by Gasteiger charge is 2.59. The number of carbonyl (C=O) groups excluding carboxylic acids is 2. The first-order chi connectivity index (χ1) is 10.0. The zero-order valence-corrected chi connectivity index (χ0v) is 14.6. The average molecular weight is 316 g/mol. The van der Waals surface area contributed by atoms with E-state index in [9.17, 15) is 9.59 Å². The van der Waals surface area contributed by atoms with Gasteiger partial charge in [0.15, 0.2) is 5.79 Å². The topological polar surface area (TPSA) is 71.1 Å². The number of esters is 2. The molecule has 2 unspecified atom stereocenters. The van der Waals surface area contributed by atoms with Gasteiger partial charge >= 0.3 is 11.9 Å². The Hall–Kier alpha value is -1.14. The Morgan fingerprint density at radius 1 is 1.09 bits per heavy atom. The van der Waals surface area contributed by atoms with E-state index in [0.717, 1.165) is 0 Å². The second-order valence-corrected chi connectivity index (χ2v) is 6.91. The fraction of sp³-hybridized carbons (Fsp3) is 0.875. The van der Waals surface area contributed by atoms with Crippen molar-refractivity contribution in [2.45, 2.75) is 71.4 Å². The molecule has 128 valence electrons. The zero-order valence-electron chi connectivity index (χ0n) is 14.6. The molecule has 1 aliphatic rings. The van der Waals surface area contributed by atoms with Crippen LogP contribution >= 0.6 is 0 Å². The van der Waals surface area contributed by atoms with Crippen LogP contribution in [0.2, 0.25) is 0 Å². The summed E-state index contributed by atoms with van der Waals surface area (Å²) in [4.78, 5) is 24.1. The Morgan fingerprint density at radius 3 is 2.00 bits per heavy atom. The highest BCUT2D eigenvalue weighted by atomic mass is 16.7. The van der Waals surface area contributed by atoms with E-state index in [1.807, 2.05) is 20.8 Å². The Bertz CT molecular complexity index is 421. The minimum Gasteiger partial charge on any atom is -0.462 e. The summed E-state index contributed by atoms with van der Waals surface area (Å²) in [5.41, 5.74) is -1.59. The zero-order chi connectivity index (χ0) is 17.2. The fourth-order valence-corrected chi connectivity index (χ4v) is 2.93. The molecule has 1 saturated carbocycles. The Kier molecular flexibility index (Phi) is 5.62. The molecule has 0 saturated heterocycles. The molecule has 0 aromatic rings. The molecule has 0 N–H and O–H groups in total. The van der Waals surface area contributed by atoms with Gasteiger partial charge in [-0.2, -0.15) is 0 Å². The molecule has 1 rings (SSSR count). The van der Waals surface area contributed by atoms with Gasteiger partial charge in [0, 0.05) is 34.0 Å². The van der Waals surface area contributed by atoms with Crippen LogP contribution in [0, 0.1) is 5.41 Å². The molecule has 6 heteroatoms. The molecule has 0 heterocycles. The smallest absolute Gasteiger partial charge is 0.316 e.